The Kier molecular flexibility index (Phi) is 88.8. The minimum atomic E-state index is 0.565. The molecule has 5 N–H and O–H groups in total. The molecule has 6 aliphatic heterocycles. The minimum Gasteiger partial charge on any atom is -0.378 e. The van der Waals surface area contributed by atoms with E-state index in [0.29, 0.717) is 18.1 Å². The normalized spacial score (nSPS) is 22.9. The fourth-order valence-electron chi connectivity index (χ4n) is 9.44. The molecule has 8 heteroatoms. The highest BCUT2D eigenvalue weighted by atomic mass is 16.7. The fourth-order valence-corrected chi connectivity index (χ4v) is 9.44. The monoisotopic (exact) mass is 1130 g/mol. The van der Waals surface area contributed by atoms with Gasteiger partial charge in [0.25, 0.3) is 0 Å². The molecule has 0 aromatic heterocycles. The summed E-state index contributed by atoms with van der Waals surface area (Å²) in [5, 5.41) is 13.4. The van der Waals surface area contributed by atoms with Crippen molar-refractivity contribution in [1.82, 2.24) is 26.7 Å². The highest BCUT2D eigenvalue weighted by Crippen LogP contribution is 2.31. The molecule has 0 bridgehead atoms. The Morgan fingerprint density at radius 2 is 0.722 bits per heavy atom. The van der Waals surface area contributed by atoms with Crippen LogP contribution in [0.3, 0.4) is 0 Å². The number of hydroxylamine groups is 1. The topological polar surface area (TPSA) is 87.8 Å². The van der Waals surface area contributed by atoms with Gasteiger partial charge in [-0.25, -0.2) is 5.48 Å². The molecule has 0 aromatic carbocycles. The Morgan fingerprint density at radius 3 is 0.873 bits per heavy atom. The Balaban J connectivity index is -0.000000117. The summed E-state index contributed by atoms with van der Waals surface area (Å²) in [6, 6.07) is 2.24. The van der Waals surface area contributed by atoms with Crippen molar-refractivity contribution in [3.63, 3.8) is 0 Å². The molecule has 6 atom stereocenters. The van der Waals surface area contributed by atoms with E-state index >= 15 is 0 Å². The minimum absolute atomic E-state index is 0.565. The fraction of sp³-hybridized carbons (Fsp3) is 1.00. The third-order valence-corrected chi connectivity index (χ3v) is 15.2. The molecule has 8 rings (SSSR count). The van der Waals surface area contributed by atoms with Crippen LogP contribution in [0, 0.1) is 71.0 Å². The van der Waals surface area contributed by atoms with Gasteiger partial charge in [0.1, 0.15) is 0 Å². The lowest BCUT2D eigenvalue weighted by molar-refractivity contribution is 0.0758. The smallest absolute Gasteiger partial charge is 0.0969 e. The van der Waals surface area contributed by atoms with Crippen LogP contribution in [-0.2, 0) is 14.3 Å². The maximum atomic E-state index is 5.41. The van der Waals surface area contributed by atoms with Gasteiger partial charge in [-0.1, -0.05) is 273 Å². The molecular formula is C71H163N5O3. The number of hydrogen-bond donors (Lipinski definition) is 5. The summed E-state index contributed by atoms with van der Waals surface area (Å²) in [5.74, 6) is 10.4. The Morgan fingerprint density at radius 1 is 0.316 bits per heavy atom. The largest absolute Gasteiger partial charge is 0.378 e. The van der Waals surface area contributed by atoms with Crippen molar-refractivity contribution < 1.29 is 14.3 Å². The third kappa shape index (κ3) is 59.2. The highest BCUT2D eigenvalue weighted by molar-refractivity contribution is 4.80. The zero-order valence-electron chi connectivity index (χ0n) is 61.2. The number of ether oxygens (including phenoxy) is 2. The standard InChI is InChI=1S/2C8H16.2C7H15N.C7H14O.2C6H13NO.C6H13N.8C2H6/c2*1-7(2)8-5-3-4-6-8;1-6(2)7-3-4-8-5-7;2*1-6(2)7-4-3-5-8-7;1-5(2)6-3-8-4-7-6;1-5(2)6-3-7-8-4-6;1-5(2)6-3-4-7-6;8*1-2/h2*7-8H,3-6H2,1-2H3;2*6-8H,3-5H2,1-2H3;6-7H,3-5H2,1-2H3;2*5-7H,3-4H2,1-2H3;5-7H,3-4H2,1-2H3;8*1-2H3. The van der Waals surface area contributed by atoms with Crippen LogP contribution in [0.1, 0.15) is 311 Å². The van der Waals surface area contributed by atoms with E-state index in [1.165, 1.54) is 116 Å². The van der Waals surface area contributed by atoms with E-state index in [9.17, 15) is 0 Å². The van der Waals surface area contributed by atoms with E-state index in [-0.39, 0.29) is 0 Å². The first-order valence-electron chi connectivity index (χ1n) is 35.4. The summed E-state index contributed by atoms with van der Waals surface area (Å²) in [6.07, 6.45) is 20.6. The van der Waals surface area contributed by atoms with E-state index in [1.54, 1.807) is 0 Å². The lowest BCUT2D eigenvalue weighted by atomic mass is 9.95. The molecule has 6 unspecified atom stereocenters. The SMILES string of the molecule is CC.CC.CC.CC.CC.CC.CC.CC.CC(C)C1CCCC1.CC(C)C1CCCC1.CC(C)C1CCCN1.CC(C)C1CCCO1.CC(C)C1CCN1.CC(C)C1CCNC1.CC(C)C1CNOC1.CC(C)C1COCN1. The summed E-state index contributed by atoms with van der Waals surface area (Å²) in [4.78, 5) is 4.97. The summed E-state index contributed by atoms with van der Waals surface area (Å²) < 4.78 is 10.5. The van der Waals surface area contributed by atoms with Gasteiger partial charge in [0.2, 0.25) is 0 Å². The van der Waals surface area contributed by atoms with E-state index in [2.05, 4.69) is 138 Å². The second-order valence-corrected chi connectivity index (χ2v) is 23.1. The molecule has 6 heterocycles. The van der Waals surface area contributed by atoms with Gasteiger partial charge in [-0.2, -0.15) is 0 Å². The van der Waals surface area contributed by atoms with Gasteiger partial charge in [-0.15, -0.1) is 0 Å². The molecule has 0 aromatic rings. The Bertz CT molecular complexity index is 782. The number of nitrogens with one attached hydrogen (secondary N) is 5. The molecule has 6 saturated heterocycles. The maximum absolute atomic E-state index is 5.41. The van der Waals surface area contributed by atoms with Crippen LogP contribution < -0.4 is 26.7 Å². The predicted molar refractivity (Wildman–Crippen MR) is 366 cm³/mol. The van der Waals surface area contributed by atoms with Gasteiger partial charge in [0.05, 0.1) is 26.0 Å². The number of hydrogen-bond acceptors (Lipinski definition) is 8. The summed E-state index contributed by atoms with van der Waals surface area (Å²) >= 11 is 0. The molecule has 490 valence electrons. The predicted octanol–water partition coefficient (Wildman–Crippen LogP) is 20.7. The zero-order valence-corrected chi connectivity index (χ0v) is 61.2. The first-order chi connectivity index (χ1) is 37.9. The van der Waals surface area contributed by atoms with Crippen LogP contribution in [0.4, 0.5) is 0 Å². The first-order valence-corrected chi connectivity index (χ1v) is 35.4. The first kappa shape index (κ1) is 95.0. The van der Waals surface area contributed by atoms with Crippen LogP contribution in [0.25, 0.3) is 0 Å². The summed E-state index contributed by atoms with van der Waals surface area (Å²) in [5.41, 5.74) is 2.85. The summed E-state index contributed by atoms with van der Waals surface area (Å²) in [7, 11) is 0. The zero-order chi connectivity index (χ0) is 63.2. The van der Waals surface area contributed by atoms with Gasteiger partial charge in [0.15, 0.2) is 0 Å². The lowest BCUT2D eigenvalue weighted by Crippen LogP contribution is -2.46. The van der Waals surface area contributed by atoms with E-state index in [0.717, 1.165) is 110 Å². The van der Waals surface area contributed by atoms with E-state index in [4.69, 9.17) is 14.3 Å². The average molecular weight is 1140 g/mol. The van der Waals surface area contributed by atoms with Gasteiger partial charge in [-0.3, -0.25) is 5.32 Å². The van der Waals surface area contributed by atoms with E-state index in [1.807, 2.05) is 111 Å². The van der Waals surface area contributed by atoms with Crippen molar-refractivity contribution in [2.45, 2.75) is 336 Å². The lowest BCUT2D eigenvalue weighted by Gasteiger charge is -2.30. The van der Waals surface area contributed by atoms with Crippen LogP contribution in [0.2, 0.25) is 0 Å². The van der Waals surface area contributed by atoms with Crippen LogP contribution in [0.5, 0.6) is 0 Å². The van der Waals surface area contributed by atoms with E-state index < -0.39 is 0 Å². The Labute approximate surface area is 504 Å². The highest BCUT2D eigenvalue weighted by Gasteiger charge is 2.22. The van der Waals surface area contributed by atoms with Crippen molar-refractivity contribution in [2.24, 2.45) is 71.0 Å². The second kappa shape index (κ2) is 73.8. The number of rotatable bonds is 8. The van der Waals surface area contributed by atoms with Crippen molar-refractivity contribution in [3.8, 4) is 0 Å². The third-order valence-electron chi connectivity index (χ3n) is 15.2. The maximum Gasteiger partial charge on any atom is 0.0969 e. The second-order valence-electron chi connectivity index (χ2n) is 23.1. The van der Waals surface area contributed by atoms with Crippen LogP contribution in [-0.4, -0.2) is 83.5 Å². The van der Waals surface area contributed by atoms with Crippen LogP contribution >= 0.6 is 0 Å². The molecular weight excluding hydrogens is 971 g/mol. The average Bonchev–Trinajstić information content (AvgIpc) is 4.31. The van der Waals surface area contributed by atoms with Gasteiger partial charge in [-0.05, 0) is 130 Å². The molecule has 8 nitrogen and oxygen atoms in total. The van der Waals surface area contributed by atoms with Gasteiger partial charge >= 0.3 is 0 Å². The van der Waals surface area contributed by atoms with Gasteiger partial charge < -0.3 is 30.3 Å². The molecule has 0 spiro atoms. The molecule has 0 radical (unpaired) electrons. The van der Waals surface area contributed by atoms with Crippen LogP contribution in [0.15, 0.2) is 0 Å². The van der Waals surface area contributed by atoms with Crippen molar-refractivity contribution >= 4 is 0 Å². The molecule has 8 aliphatic rings. The molecule has 79 heavy (non-hydrogen) atoms. The summed E-state index contributed by atoms with van der Waals surface area (Å²) in [6.45, 7) is 77.8. The quantitative estimate of drug-likeness (QED) is 0.164. The Hall–Kier alpha value is -0.320. The molecule has 2 saturated carbocycles. The molecule has 2 aliphatic carbocycles. The molecule has 0 amide bonds. The van der Waals surface area contributed by atoms with Crippen molar-refractivity contribution in [1.29, 1.82) is 0 Å². The van der Waals surface area contributed by atoms with Gasteiger partial charge in [0, 0.05) is 37.2 Å². The van der Waals surface area contributed by atoms with Crippen molar-refractivity contribution in [3.05, 3.63) is 0 Å². The molecule has 8 fully saturated rings. The van der Waals surface area contributed by atoms with Crippen molar-refractivity contribution in [2.75, 3.05) is 59.3 Å².